The van der Waals surface area contributed by atoms with Gasteiger partial charge in [-0.25, -0.2) is 4.79 Å². The van der Waals surface area contributed by atoms with E-state index >= 15 is 0 Å². The summed E-state index contributed by atoms with van der Waals surface area (Å²) in [5.74, 6) is 0.595. The van der Waals surface area contributed by atoms with E-state index in [1.165, 1.54) is 43.4 Å². The van der Waals surface area contributed by atoms with Gasteiger partial charge >= 0.3 is 6.03 Å². The molecule has 0 aromatic heterocycles. The molecule has 0 radical (unpaired) electrons. The van der Waals surface area contributed by atoms with Crippen LogP contribution in [0, 0.1) is 19.8 Å². The number of carbonyl (C=O) groups is 2. The standard InChI is InChI=1S/C20H29N3O2/c1-14-9-10-17(15(2)12-14)21-20(25)22-19(24)13-23-11-5-7-16-6-3-4-8-18(16)23/h9-10,12,16,18H,3-8,11,13H2,1-2H3,(H2,21,22,24,25)/p+1/t16-,18-/m0/s1. The van der Waals surface area contributed by atoms with Crippen LogP contribution >= 0.6 is 0 Å². The van der Waals surface area contributed by atoms with Gasteiger partial charge in [0.05, 0.1) is 12.6 Å². The third kappa shape index (κ3) is 4.60. The SMILES string of the molecule is Cc1ccc(NC(=O)NC(=O)C[NH+]2CCC[C@@H]3CCCC[C@@H]32)c(C)c1. The van der Waals surface area contributed by atoms with Crippen molar-refractivity contribution in [3.63, 3.8) is 0 Å². The van der Waals surface area contributed by atoms with Gasteiger partial charge in [-0.15, -0.1) is 0 Å². The molecule has 5 nitrogen and oxygen atoms in total. The van der Waals surface area contributed by atoms with E-state index in [4.69, 9.17) is 0 Å². The van der Waals surface area contributed by atoms with Crippen molar-refractivity contribution in [3.05, 3.63) is 29.3 Å². The van der Waals surface area contributed by atoms with Crippen molar-refractivity contribution < 1.29 is 14.5 Å². The highest BCUT2D eigenvalue weighted by Gasteiger charge is 2.37. The van der Waals surface area contributed by atoms with Crippen LogP contribution in [-0.4, -0.2) is 31.1 Å². The zero-order valence-corrected chi connectivity index (χ0v) is 15.4. The molecule has 2 aliphatic rings. The van der Waals surface area contributed by atoms with Gasteiger partial charge < -0.3 is 10.2 Å². The number of benzene rings is 1. The van der Waals surface area contributed by atoms with Gasteiger partial charge in [-0.2, -0.15) is 0 Å². The topological polar surface area (TPSA) is 62.6 Å². The first kappa shape index (κ1) is 17.9. The van der Waals surface area contributed by atoms with Crippen molar-refractivity contribution in [2.24, 2.45) is 5.92 Å². The molecule has 2 fully saturated rings. The number of piperidine rings is 1. The molecule has 0 spiro atoms. The first-order valence-electron chi connectivity index (χ1n) is 9.55. The number of aryl methyl sites for hydroxylation is 2. The number of amides is 3. The summed E-state index contributed by atoms with van der Waals surface area (Å²) < 4.78 is 0. The molecular formula is C20H30N3O2+. The van der Waals surface area contributed by atoms with Gasteiger partial charge in [-0.1, -0.05) is 24.1 Å². The van der Waals surface area contributed by atoms with Gasteiger partial charge in [-0.3, -0.25) is 10.1 Å². The summed E-state index contributed by atoms with van der Waals surface area (Å²) in [7, 11) is 0. The Hall–Kier alpha value is -1.88. The number of hydrogen-bond donors (Lipinski definition) is 3. The zero-order valence-electron chi connectivity index (χ0n) is 15.4. The molecule has 1 heterocycles. The number of quaternary nitrogens is 1. The first-order chi connectivity index (χ1) is 12.0. The van der Waals surface area contributed by atoms with E-state index in [2.05, 4.69) is 10.6 Å². The lowest BCUT2D eigenvalue weighted by atomic mass is 9.78. The van der Waals surface area contributed by atoms with Gasteiger partial charge in [-0.05, 0) is 57.6 Å². The molecule has 5 heteroatoms. The maximum atomic E-state index is 12.3. The van der Waals surface area contributed by atoms with E-state index in [9.17, 15) is 9.59 Å². The maximum absolute atomic E-state index is 12.3. The van der Waals surface area contributed by atoms with E-state index in [0.29, 0.717) is 12.6 Å². The Morgan fingerprint density at radius 2 is 1.88 bits per heavy atom. The third-order valence-corrected chi connectivity index (χ3v) is 5.78. The van der Waals surface area contributed by atoms with Crippen molar-refractivity contribution in [3.8, 4) is 0 Å². The minimum atomic E-state index is -0.437. The fraction of sp³-hybridized carbons (Fsp3) is 0.600. The molecule has 3 amide bonds. The summed E-state index contributed by atoms with van der Waals surface area (Å²) in [6.45, 7) is 5.42. The average Bonchev–Trinajstić information content (AvgIpc) is 2.57. The Morgan fingerprint density at radius 3 is 2.68 bits per heavy atom. The van der Waals surface area contributed by atoms with Crippen LogP contribution in [-0.2, 0) is 4.79 Å². The second-order valence-corrected chi connectivity index (χ2v) is 7.70. The fourth-order valence-corrected chi connectivity index (χ4v) is 4.57. The zero-order chi connectivity index (χ0) is 17.8. The van der Waals surface area contributed by atoms with Gasteiger partial charge in [0.15, 0.2) is 6.54 Å². The number of fused-ring (bicyclic) bond motifs is 1. The van der Waals surface area contributed by atoms with Crippen molar-refractivity contribution in [2.75, 3.05) is 18.4 Å². The van der Waals surface area contributed by atoms with E-state index in [0.717, 1.165) is 29.3 Å². The Labute approximate surface area is 150 Å². The summed E-state index contributed by atoms with van der Waals surface area (Å²) in [5, 5.41) is 5.28. The second kappa shape index (κ2) is 8.00. The van der Waals surface area contributed by atoms with Crippen LogP contribution in [0.4, 0.5) is 10.5 Å². The molecule has 1 aliphatic carbocycles. The summed E-state index contributed by atoms with van der Waals surface area (Å²) >= 11 is 0. The van der Waals surface area contributed by atoms with Crippen LogP contribution in [0.3, 0.4) is 0 Å². The molecule has 1 unspecified atom stereocenters. The highest BCUT2D eigenvalue weighted by Crippen LogP contribution is 2.28. The largest absolute Gasteiger partial charge is 0.326 e. The van der Waals surface area contributed by atoms with Crippen molar-refractivity contribution in [1.82, 2.24) is 5.32 Å². The highest BCUT2D eigenvalue weighted by atomic mass is 16.2. The van der Waals surface area contributed by atoms with E-state index in [1.807, 2.05) is 32.0 Å². The molecule has 1 aromatic rings. The molecule has 3 N–H and O–H groups in total. The van der Waals surface area contributed by atoms with Crippen LogP contribution in [0.25, 0.3) is 0 Å². The number of rotatable bonds is 3. The average molecular weight is 344 g/mol. The summed E-state index contributed by atoms with van der Waals surface area (Å²) in [4.78, 5) is 25.8. The number of imide groups is 1. The van der Waals surface area contributed by atoms with Crippen LogP contribution in [0.5, 0.6) is 0 Å². The Morgan fingerprint density at radius 1 is 1.12 bits per heavy atom. The highest BCUT2D eigenvalue weighted by molar-refractivity contribution is 6.01. The molecule has 3 atom stereocenters. The van der Waals surface area contributed by atoms with E-state index in [1.54, 1.807) is 0 Å². The number of likely N-dealkylation sites (tertiary alicyclic amines) is 1. The minimum absolute atomic E-state index is 0.177. The number of anilines is 1. The molecule has 3 rings (SSSR count). The molecule has 25 heavy (non-hydrogen) atoms. The molecule has 0 bridgehead atoms. The van der Waals surface area contributed by atoms with Crippen molar-refractivity contribution >= 4 is 17.6 Å². The van der Waals surface area contributed by atoms with Crippen LogP contribution < -0.4 is 15.5 Å². The van der Waals surface area contributed by atoms with Crippen LogP contribution in [0.2, 0.25) is 0 Å². The molecule has 1 saturated heterocycles. The summed E-state index contributed by atoms with van der Waals surface area (Å²) in [5.41, 5.74) is 2.89. The lowest BCUT2D eigenvalue weighted by Crippen LogP contribution is -3.18. The lowest BCUT2D eigenvalue weighted by molar-refractivity contribution is -0.928. The quantitative estimate of drug-likeness (QED) is 0.787. The summed E-state index contributed by atoms with van der Waals surface area (Å²) in [6.07, 6.45) is 7.64. The minimum Gasteiger partial charge on any atom is -0.324 e. The number of urea groups is 1. The maximum Gasteiger partial charge on any atom is 0.326 e. The monoisotopic (exact) mass is 344 g/mol. The second-order valence-electron chi connectivity index (χ2n) is 7.70. The first-order valence-corrected chi connectivity index (χ1v) is 9.55. The Kier molecular flexibility index (Phi) is 5.74. The Balaban J connectivity index is 1.52. The number of nitrogens with one attached hydrogen (secondary N) is 3. The smallest absolute Gasteiger partial charge is 0.324 e. The molecule has 1 aliphatic heterocycles. The number of carbonyl (C=O) groups excluding carboxylic acids is 2. The van der Waals surface area contributed by atoms with Gasteiger partial charge in [0.2, 0.25) is 0 Å². The fourth-order valence-electron chi connectivity index (χ4n) is 4.57. The van der Waals surface area contributed by atoms with Crippen molar-refractivity contribution in [1.29, 1.82) is 0 Å². The molecule has 136 valence electrons. The van der Waals surface area contributed by atoms with Gasteiger partial charge in [0.1, 0.15) is 0 Å². The van der Waals surface area contributed by atoms with Crippen LogP contribution in [0.15, 0.2) is 18.2 Å². The van der Waals surface area contributed by atoms with Gasteiger partial charge in [0, 0.05) is 11.6 Å². The van der Waals surface area contributed by atoms with Crippen molar-refractivity contribution in [2.45, 2.75) is 58.4 Å². The summed E-state index contributed by atoms with van der Waals surface area (Å²) in [6, 6.07) is 6.01. The van der Waals surface area contributed by atoms with Gasteiger partial charge in [0.25, 0.3) is 5.91 Å². The lowest BCUT2D eigenvalue weighted by Gasteiger charge is -2.40. The van der Waals surface area contributed by atoms with Crippen LogP contribution in [0.1, 0.15) is 49.7 Å². The Bertz CT molecular complexity index is 642. The third-order valence-electron chi connectivity index (χ3n) is 5.78. The molecule has 1 saturated carbocycles. The normalized spacial score (nSPS) is 25.8. The predicted octanol–water partition coefficient (Wildman–Crippen LogP) is 2.19. The molecule has 1 aromatic carbocycles. The number of hydrogen-bond acceptors (Lipinski definition) is 2. The molecular weight excluding hydrogens is 314 g/mol. The van der Waals surface area contributed by atoms with E-state index in [-0.39, 0.29) is 5.91 Å². The predicted molar refractivity (Wildman–Crippen MR) is 98.8 cm³/mol. The van der Waals surface area contributed by atoms with E-state index < -0.39 is 6.03 Å².